The summed E-state index contributed by atoms with van der Waals surface area (Å²) in [6.45, 7) is 0.316. The summed E-state index contributed by atoms with van der Waals surface area (Å²) in [5.41, 5.74) is 7.96. The highest BCUT2D eigenvalue weighted by molar-refractivity contribution is 5.97. The van der Waals surface area contributed by atoms with Crippen LogP contribution in [0.25, 0.3) is 16.9 Å². The molecule has 0 saturated carbocycles. The summed E-state index contributed by atoms with van der Waals surface area (Å²) in [7, 11) is 3.12. The molecule has 0 aliphatic rings. The van der Waals surface area contributed by atoms with E-state index < -0.39 is 17.8 Å². The van der Waals surface area contributed by atoms with Gasteiger partial charge in [0.05, 0.1) is 25.5 Å². The SMILES string of the molecule is COc1ccc(-c2nn(-c3ccc(C(F)(F)F)cc3)c(N)c2NC(=O)NCCc2ccccc2OC)cc1. The number of hydrogen-bond donors (Lipinski definition) is 3. The maximum Gasteiger partial charge on any atom is 0.416 e. The number of hydrogen-bond acceptors (Lipinski definition) is 5. The number of carbonyl (C=O) groups excluding carboxylic acids is 1. The second kappa shape index (κ2) is 11.2. The molecule has 4 rings (SSSR count). The zero-order valence-electron chi connectivity index (χ0n) is 20.7. The molecule has 0 spiro atoms. The summed E-state index contributed by atoms with van der Waals surface area (Å²) in [6, 6.07) is 18.3. The van der Waals surface area contributed by atoms with Crippen LogP contribution in [0.1, 0.15) is 11.1 Å². The Morgan fingerprint density at radius 1 is 0.974 bits per heavy atom. The Morgan fingerprint density at radius 3 is 2.29 bits per heavy atom. The summed E-state index contributed by atoms with van der Waals surface area (Å²) in [5, 5.41) is 10.0. The van der Waals surface area contributed by atoms with Crippen molar-refractivity contribution in [1.29, 1.82) is 0 Å². The molecule has 8 nitrogen and oxygen atoms in total. The number of urea groups is 1. The van der Waals surface area contributed by atoms with Gasteiger partial charge in [-0.3, -0.25) is 0 Å². The van der Waals surface area contributed by atoms with Gasteiger partial charge in [-0.25, -0.2) is 9.48 Å². The number of benzene rings is 3. The molecule has 1 aromatic heterocycles. The average Bonchev–Trinajstić information content (AvgIpc) is 3.24. The van der Waals surface area contributed by atoms with Crippen LogP contribution < -0.4 is 25.8 Å². The Hall–Kier alpha value is -4.67. The number of para-hydroxylation sites is 1. The van der Waals surface area contributed by atoms with Gasteiger partial charge in [-0.2, -0.15) is 18.3 Å². The number of amides is 2. The summed E-state index contributed by atoms with van der Waals surface area (Å²) in [4.78, 5) is 12.8. The van der Waals surface area contributed by atoms with Crippen molar-refractivity contribution < 1.29 is 27.4 Å². The molecular formula is C27H26F3N5O3. The molecular weight excluding hydrogens is 499 g/mol. The first-order chi connectivity index (χ1) is 18.2. The Labute approximate surface area is 217 Å². The number of carbonyl (C=O) groups is 1. The summed E-state index contributed by atoms with van der Waals surface area (Å²) < 4.78 is 50.9. The lowest BCUT2D eigenvalue weighted by atomic mass is 10.1. The molecule has 0 aliphatic heterocycles. The van der Waals surface area contributed by atoms with Crippen LogP contribution >= 0.6 is 0 Å². The summed E-state index contributed by atoms with van der Waals surface area (Å²) >= 11 is 0. The van der Waals surface area contributed by atoms with E-state index in [0.29, 0.717) is 35.7 Å². The van der Waals surface area contributed by atoms with E-state index in [1.165, 1.54) is 23.9 Å². The second-order valence-electron chi connectivity index (χ2n) is 8.24. The highest BCUT2D eigenvalue weighted by Crippen LogP contribution is 2.36. The molecule has 11 heteroatoms. The Balaban J connectivity index is 1.60. The molecule has 198 valence electrons. The number of rotatable bonds is 8. The minimum atomic E-state index is -4.48. The first-order valence-corrected chi connectivity index (χ1v) is 11.6. The zero-order chi connectivity index (χ0) is 27.3. The molecule has 0 aliphatic carbocycles. The number of nitrogens with zero attached hydrogens (tertiary/aromatic N) is 2. The van der Waals surface area contributed by atoms with Gasteiger partial charge in [0.25, 0.3) is 0 Å². The van der Waals surface area contributed by atoms with Crippen molar-refractivity contribution in [3.63, 3.8) is 0 Å². The van der Waals surface area contributed by atoms with Crippen molar-refractivity contribution >= 4 is 17.5 Å². The number of aromatic nitrogens is 2. The van der Waals surface area contributed by atoms with Gasteiger partial charge >= 0.3 is 12.2 Å². The number of alkyl halides is 3. The quantitative estimate of drug-likeness (QED) is 0.281. The molecule has 0 unspecified atom stereocenters. The fraction of sp³-hybridized carbons (Fsp3) is 0.185. The van der Waals surface area contributed by atoms with Crippen LogP contribution in [0.3, 0.4) is 0 Å². The van der Waals surface area contributed by atoms with Gasteiger partial charge in [-0.05, 0) is 66.6 Å². The van der Waals surface area contributed by atoms with Crippen LogP contribution in [0.5, 0.6) is 11.5 Å². The molecule has 0 atom stereocenters. The fourth-order valence-corrected chi connectivity index (χ4v) is 3.87. The van der Waals surface area contributed by atoms with Crippen molar-refractivity contribution in [2.24, 2.45) is 0 Å². The van der Waals surface area contributed by atoms with Gasteiger partial charge in [0.1, 0.15) is 22.9 Å². The number of anilines is 2. The molecule has 4 N–H and O–H groups in total. The lowest BCUT2D eigenvalue weighted by Gasteiger charge is -2.11. The van der Waals surface area contributed by atoms with Crippen molar-refractivity contribution in [3.05, 3.63) is 83.9 Å². The largest absolute Gasteiger partial charge is 0.497 e. The maximum atomic E-state index is 13.0. The van der Waals surface area contributed by atoms with Gasteiger partial charge in [-0.1, -0.05) is 18.2 Å². The van der Waals surface area contributed by atoms with E-state index in [9.17, 15) is 18.0 Å². The third kappa shape index (κ3) is 5.83. The van der Waals surface area contributed by atoms with Crippen LogP contribution in [0.4, 0.5) is 29.5 Å². The molecule has 1 heterocycles. The van der Waals surface area contributed by atoms with E-state index in [2.05, 4.69) is 15.7 Å². The van der Waals surface area contributed by atoms with Gasteiger partial charge in [0, 0.05) is 12.1 Å². The Morgan fingerprint density at radius 2 is 1.66 bits per heavy atom. The van der Waals surface area contributed by atoms with Crippen molar-refractivity contribution in [2.75, 3.05) is 31.8 Å². The van der Waals surface area contributed by atoms with Crippen LogP contribution in [0.2, 0.25) is 0 Å². The lowest BCUT2D eigenvalue weighted by Crippen LogP contribution is -2.30. The number of halogens is 3. The monoisotopic (exact) mass is 525 g/mol. The van der Waals surface area contributed by atoms with Gasteiger partial charge in [0.2, 0.25) is 0 Å². The number of ether oxygens (including phenoxy) is 2. The summed E-state index contributed by atoms with van der Waals surface area (Å²) in [5.74, 6) is 1.39. The average molecular weight is 526 g/mol. The number of nitrogens with two attached hydrogens (primary N) is 1. The van der Waals surface area contributed by atoms with E-state index in [4.69, 9.17) is 15.2 Å². The van der Waals surface area contributed by atoms with Crippen LogP contribution in [0.15, 0.2) is 72.8 Å². The van der Waals surface area contributed by atoms with E-state index in [0.717, 1.165) is 23.4 Å². The Bertz CT molecular complexity index is 1400. The lowest BCUT2D eigenvalue weighted by molar-refractivity contribution is -0.137. The van der Waals surface area contributed by atoms with Crippen LogP contribution in [0, 0.1) is 0 Å². The molecule has 0 fully saturated rings. The van der Waals surface area contributed by atoms with Gasteiger partial charge in [0.15, 0.2) is 5.82 Å². The zero-order valence-corrected chi connectivity index (χ0v) is 20.7. The van der Waals surface area contributed by atoms with Crippen LogP contribution in [-0.4, -0.2) is 36.6 Å². The predicted molar refractivity (Wildman–Crippen MR) is 139 cm³/mol. The third-order valence-corrected chi connectivity index (χ3v) is 5.83. The van der Waals surface area contributed by atoms with Gasteiger partial charge < -0.3 is 25.8 Å². The molecule has 0 saturated heterocycles. The minimum Gasteiger partial charge on any atom is -0.497 e. The van der Waals surface area contributed by atoms with E-state index in [1.54, 1.807) is 31.4 Å². The second-order valence-corrected chi connectivity index (χ2v) is 8.24. The highest BCUT2D eigenvalue weighted by atomic mass is 19.4. The molecule has 4 aromatic rings. The van der Waals surface area contributed by atoms with Crippen molar-refractivity contribution in [1.82, 2.24) is 15.1 Å². The maximum absolute atomic E-state index is 13.0. The third-order valence-electron chi connectivity index (χ3n) is 5.83. The Kier molecular flexibility index (Phi) is 7.75. The topological polar surface area (TPSA) is 103 Å². The molecule has 0 bridgehead atoms. The predicted octanol–water partition coefficient (Wildman–Crippen LogP) is 5.52. The minimum absolute atomic E-state index is 0.0513. The number of nitrogens with one attached hydrogen (secondary N) is 2. The van der Waals surface area contributed by atoms with E-state index >= 15 is 0 Å². The highest BCUT2D eigenvalue weighted by Gasteiger charge is 2.30. The van der Waals surface area contributed by atoms with E-state index in [1.807, 2.05) is 24.3 Å². The molecule has 2 amide bonds. The number of nitrogen functional groups attached to an aromatic ring is 1. The fourth-order valence-electron chi connectivity index (χ4n) is 3.87. The van der Waals surface area contributed by atoms with E-state index in [-0.39, 0.29) is 11.5 Å². The van der Waals surface area contributed by atoms with Crippen LogP contribution in [-0.2, 0) is 12.6 Å². The number of methoxy groups -OCH3 is 2. The first kappa shape index (κ1) is 26.4. The molecule has 3 aromatic carbocycles. The molecule has 0 radical (unpaired) electrons. The van der Waals surface area contributed by atoms with Crippen molar-refractivity contribution in [2.45, 2.75) is 12.6 Å². The normalized spacial score (nSPS) is 11.2. The van der Waals surface area contributed by atoms with Crippen molar-refractivity contribution in [3.8, 4) is 28.4 Å². The summed E-state index contributed by atoms with van der Waals surface area (Å²) in [6.07, 6.45) is -3.94. The smallest absolute Gasteiger partial charge is 0.416 e. The standard InChI is InChI=1S/C27H26F3N5O3/c1-37-21-13-7-18(8-14-21)23-24(33-26(36)32-16-15-17-5-3-4-6-22(17)38-2)25(31)35(34-23)20-11-9-19(10-12-20)27(28,29)30/h3-14H,15-16,31H2,1-2H3,(H2,32,33,36). The first-order valence-electron chi connectivity index (χ1n) is 11.6. The van der Waals surface area contributed by atoms with Gasteiger partial charge in [-0.15, -0.1) is 0 Å². The molecule has 38 heavy (non-hydrogen) atoms.